The molecule has 0 aliphatic carbocycles. The van der Waals surface area contributed by atoms with Crippen molar-refractivity contribution in [1.82, 2.24) is 5.32 Å². The standard InChI is InChI=1S/C16H18N2O2/c1-12-6-5-8-14(10-12)18-16(19)17-11-13-7-3-4-9-15(13)20-2/h3-10H,11H2,1-2H3,(H2,17,18,19). The lowest BCUT2D eigenvalue weighted by Gasteiger charge is -2.10. The number of carbonyl (C=O) groups excluding carboxylic acids is 1. The molecule has 2 rings (SSSR count). The summed E-state index contributed by atoms with van der Waals surface area (Å²) in [7, 11) is 1.62. The number of ether oxygens (including phenoxy) is 1. The number of para-hydroxylation sites is 1. The minimum absolute atomic E-state index is 0.235. The zero-order chi connectivity index (χ0) is 14.4. The molecular weight excluding hydrogens is 252 g/mol. The molecule has 0 saturated carbocycles. The van der Waals surface area contributed by atoms with Crippen molar-refractivity contribution in [3.05, 3.63) is 59.7 Å². The molecule has 0 saturated heterocycles. The molecule has 0 aromatic heterocycles. The van der Waals surface area contributed by atoms with Crippen LogP contribution in [0.2, 0.25) is 0 Å². The number of amides is 2. The van der Waals surface area contributed by atoms with Crippen molar-refractivity contribution in [2.45, 2.75) is 13.5 Å². The van der Waals surface area contributed by atoms with Gasteiger partial charge in [-0.25, -0.2) is 4.79 Å². The van der Waals surface area contributed by atoms with E-state index in [-0.39, 0.29) is 6.03 Å². The lowest BCUT2D eigenvalue weighted by atomic mass is 10.2. The first-order valence-electron chi connectivity index (χ1n) is 6.42. The highest BCUT2D eigenvalue weighted by molar-refractivity contribution is 5.89. The molecule has 0 aliphatic heterocycles. The maximum atomic E-state index is 11.8. The fourth-order valence-corrected chi connectivity index (χ4v) is 1.92. The predicted molar refractivity (Wildman–Crippen MR) is 80.0 cm³/mol. The van der Waals surface area contributed by atoms with Crippen molar-refractivity contribution in [3.63, 3.8) is 0 Å². The molecule has 2 amide bonds. The first-order chi connectivity index (χ1) is 9.69. The Morgan fingerprint density at radius 1 is 1.15 bits per heavy atom. The third-order valence-electron chi connectivity index (χ3n) is 2.91. The molecule has 0 spiro atoms. The van der Waals surface area contributed by atoms with Crippen LogP contribution < -0.4 is 15.4 Å². The molecule has 0 bridgehead atoms. The number of carbonyl (C=O) groups is 1. The Morgan fingerprint density at radius 3 is 2.70 bits per heavy atom. The van der Waals surface area contributed by atoms with Crippen molar-refractivity contribution in [2.75, 3.05) is 12.4 Å². The SMILES string of the molecule is COc1ccccc1CNC(=O)Nc1cccc(C)c1. The maximum absolute atomic E-state index is 11.8. The summed E-state index contributed by atoms with van der Waals surface area (Å²) in [6, 6.07) is 15.0. The van der Waals surface area contributed by atoms with E-state index in [0.717, 1.165) is 22.6 Å². The lowest BCUT2D eigenvalue weighted by molar-refractivity contribution is 0.251. The van der Waals surface area contributed by atoms with E-state index >= 15 is 0 Å². The van der Waals surface area contributed by atoms with E-state index in [1.165, 1.54) is 0 Å². The summed E-state index contributed by atoms with van der Waals surface area (Å²) in [5.41, 5.74) is 2.82. The Labute approximate surface area is 118 Å². The average Bonchev–Trinajstić information content (AvgIpc) is 2.45. The molecule has 2 N–H and O–H groups in total. The van der Waals surface area contributed by atoms with Crippen molar-refractivity contribution in [2.24, 2.45) is 0 Å². The van der Waals surface area contributed by atoms with E-state index in [0.29, 0.717) is 6.54 Å². The molecule has 4 heteroatoms. The number of urea groups is 1. The molecule has 0 fully saturated rings. The van der Waals surface area contributed by atoms with Gasteiger partial charge in [0.1, 0.15) is 5.75 Å². The van der Waals surface area contributed by atoms with E-state index < -0.39 is 0 Å². The highest BCUT2D eigenvalue weighted by Crippen LogP contribution is 2.16. The molecule has 0 unspecified atom stereocenters. The summed E-state index contributed by atoms with van der Waals surface area (Å²) in [4.78, 5) is 11.8. The summed E-state index contributed by atoms with van der Waals surface area (Å²) >= 11 is 0. The molecule has 2 aromatic carbocycles. The zero-order valence-corrected chi connectivity index (χ0v) is 11.6. The Bertz CT molecular complexity index is 597. The van der Waals surface area contributed by atoms with Crippen LogP contribution in [0.4, 0.5) is 10.5 Å². The molecule has 4 nitrogen and oxygen atoms in total. The van der Waals surface area contributed by atoms with E-state index in [1.807, 2.05) is 55.5 Å². The molecule has 2 aromatic rings. The van der Waals surface area contributed by atoms with Crippen molar-refractivity contribution in [3.8, 4) is 5.75 Å². The monoisotopic (exact) mass is 270 g/mol. The molecule has 0 heterocycles. The molecule has 20 heavy (non-hydrogen) atoms. The summed E-state index contributed by atoms with van der Waals surface area (Å²) < 4.78 is 5.24. The predicted octanol–water partition coefficient (Wildman–Crippen LogP) is 3.33. The summed E-state index contributed by atoms with van der Waals surface area (Å²) in [5.74, 6) is 0.767. The number of anilines is 1. The van der Waals surface area contributed by atoms with Crippen LogP contribution in [0.25, 0.3) is 0 Å². The highest BCUT2D eigenvalue weighted by Gasteiger charge is 2.05. The number of rotatable bonds is 4. The molecule has 104 valence electrons. The fourth-order valence-electron chi connectivity index (χ4n) is 1.92. The minimum atomic E-state index is -0.235. The van der Waals surface area contributed by atoms with Crippen LogP contribution >= 0.6 is 0 Å². The second kappa shape index (κ2) is 6.61. The van der Waals surface area contributed by atoms with Gasteiger partial charge in [0.05, 0.1) is 7.11 Å². The van der Waals surface area contributed by atoms with E-state index in [9.17, 15) is 4.79 Å². The van der Waals surface area contributed by atoms with Crippen molar-refractivity contribution < 1.29 is 9.53 Å². The Morgan fingerprint density at radius 2 is 1.95 bits per heavy atom. The largest absolute Gasteiger partial charge is 0.496 e. The first-order valence-corrected chi connectivity index (χ1v) is 6.42. The number of aryl methyl sites for hydroxylation is 1. The summed E-state index contributed by atoms with van der Waals surface area (Å²) in [6.07, 6.45) is 0. The highest BCUT2D eigenvalue weighted by atomic mass is 16.5. The summed E-state index contributed by atoms with van der Waals surface area (Å²) in [5, 5.41) is 5.61. The Kier molecular flexibility index (Phi) is 4.60. The number of methoxy groups -OCH3 is 1. The second-order valence-electron chi connectivity index (χ2n) is 4.49. The topological polar surface area (TPSA) is 50.4 Å². The van der Waals surface area contributed by atoms with Gasteiger partial charge in [-0.15, -0.1) is 0 Å². The number of benzene rings is 2. The van der Waals surface area contributed by atoms with Gasteiger partial charge in [0.2, 0.25) is 0 Å². The molecule has 0 aliphatic rings. The Balaban J connectivity index is 1.92. The van der Waals surface area contributed by atoms with Crippen LogP contribution in [0.1, 0.15) is 11.1 Å². The van der Waals surface area contributed by atoms with Gasteiger partial charge in [-0.1, -0.05) is 30.3 Å². The van der Waals surface area contributed by atoms with Crippen LogP contribution in [0.15, 0.2) is 48.5 Å². The smallest absolute Gasteiger partial charge is 0.319 e. The minimum Gasteiger partial charge on any atom is -0.496 e. The first kappa shape index (κ1) is 13.9. The van der Waals surface area contributed by atoms with Gasteiger partial charge in [0, 0.05) is 17.8 Å². The van der Waals surface area contributed by atoms with E-state index in [1.54, 1.807) is 7.11 Å². The third kappa shape index (κ3) is 3.75. The molecular formula is C16H18N2O2. The van der Waals surface area contributed by atoms with Crippen LogP contribution in [-0.4, -0.2) is 13.1 Å². The normalized spacial score (nSPS) is 9.90. The van der Waals surface area contributed by atoms with Gasteiger partial charge < -0.3 is 15.4 Å². The van der Waals surface area contributed by atoms with Crippen molar-refractivity contribution in [1.29, 1.82) is 0 Å². The molecule has 0 atom stereocenters. The Hall–Kier alpha value is -2.49. The van der Waals surface area contributed by atoms with Crippen LogP contribution in [-0.2, 0) is 6.54 Å². The van der Waals surface area contributed by atoms with Gasteiger partial charge >= 0.3 is 6.03 Å². The second-order valence-corrected chi connectivity index (χ2v) is 4.49. The van der Waals surface area contributed by atoms with E-state index in [4.69, 9.17) is 4.74 Å². The van der Waals surface area contributed by atoms with Gasteiger partial charge in [-0.2, -0.15) is 0 Å². The van der Waals surface area contributed by atoms with E-state index in [2.05, 4.69) is 10.6 Å². The molecule has 0 radical (unpaired) electrons. The zero-order valence-electron chi connectivity index (χ0n) is 11.6. The summed E-state index contributed by atoms with van der Waals surface area (Å²) in [6.45, 7) is 2.40. The van der Waals surface area contributed by atoms with Crippen LogP contribution in [0.5, 0.6) is 5.75 Å². The van der Waals surface area contributed by atoms with Crippen LogP contribution in [0, 0.1) is 6.92 Å². The van der Waals surface area contributed by atoms with Crippen molar-refractivity contribution >= 4 is 11.7 Å². The number of hydrogen-bond donors (Lipinski definition) is 2. The van der Waals surface area contributed by atoms with Gasteiger partial charge in [0.25, 0.3) is 0 Å². The quantitative estimate of drug-likeness (QED) is 0.895. The lowest BCUT2D eigenvalue weighted by Crippen LogP contribution is -2.28. The fraction of sp³-hybridized carbons (Fsp3) is 0.188. The van der Waals surface area contributed by atoms with Gasteiger partial charge in [-0.3, -0.25) is 0 Å². The third-order valence-corrected chi connectivity index (χ3v) is 2.91. The maximum Gasteiger partial charge on any atom is 0.319 e. The number of nitrogens with one attached hydrogen (secondary N) is 2. The number of hydrogen-bond acceptors (Lipinski definition) is 2. The van der Waals surface area contributed by atoms with Gasteiger partial charge in [-0.05, 0) is 30.7 Å². The average molecular weight is 270 g/mol. The van der Waals surface area contributed by atoms with Crippen LogP contribution in [0.3, 0.4) is 0 Å². The van der Waals surface area contributed by atoms with Gasteiger partial charge in [0.15, 0.2) is 0 Å².